The second kappa shape index (κ2) is 5.67. The Balaban J connectivity index is 2.03. The lowest BCUT2D eigenvalue weighted by Crippen LogP contribution is -2.04. The molecule has 3 rings (SSSR count). The van der Waals surface area contributed by atoms with Crippen LogP contribution in [-0.2, 0) is 6.18 Å². The van der Waals surface area contributed by atoms with Crippen molar-refractivity contribution >= 4 is 0 Å². The molecule has 23 heavy (non-hydrogen) atoms. The number of nitrogens with zero attached hydrogens (tertiary/aromatic N) is 3. The van der Waals surface area contributed by atoms with E-state index < -0.39 is 23.4 Å². The Kier molecular flexibility index (Phi) is 3.68. The van der Waals surface area contributed by atoms with Crippen LogP contribution in [0.3, 0.4) is 0 Å². The van der Waals surface area contributed by atoms with Crippen LogP contribution in [0.15, 0.2) is 47.2 Å². The molecule has 5 nitrogen and oxygen atoms in total. The van der Waals surface area contributed by atoms with Gasteiger partial charge >= 0.3 is 12.2 Å². The molecule has 0 spiro atoms. The van der Waals surface area contributed by atoms with Gasteiger partial charge in [0.15, 0.2) is 11.5 Å². The average Bonchev–Trinajstić information content (AvgIpc) is 2.98. The van der Waals surface area contributed by atoms with E-state index in [0.29, 0.717) is 6.07 Å². The van der Waals surface area contributed by atoms with E-state index in [0.717, 1.165) is 6.07 Å². The maximum atomic E-state index is 14.1. The number of alkyl halides is 3. The van der Waals surface area contributed by atoms with Crippen LogP contribution in [0, 0.1) is 5.82 Å². The van der Waals surface area contributed by atoms with Gasteiger partial charge in [0.25, 0.3) is 0 Å². The lowest BCUT2D eigenvalue weighted by molar-refractivity contribution is -0.142. The van der Waals surface area contributed by atoms with Crippen molar-refractivity contribution in [1.29, 1.82) is 0 Å². The molecule has 2 heterocycles. The minimum atomic E-state index is -4.70. The van der Waals surface area contributed by atoms with Gasteiger partial charge in [0.05, 0.1) is 5.56 Å². The molecule has 0 bridgehead atoms. The van der Waals surface area contributed by atoms with Crippen LogP contribution in [0.25, 0.3) is 11.3 Å². The number of hydrogen-bond acceptors (Lipinski definition) is 5. The molecule has 0 fully saturated rings. The molecular weight excluding hydrogens is 318 g/mol. The molecule has 3 aromatic rings. The van der Waals surface area contributed by atoms with Gasteiger partial charge in [0, 0.05) is 18.5 Å². The first-order valence-corrected chi connectivity index (χ1v) is 6.23. The average molecular weight is 325 g/mol. The Morgan fingerprint density at radius 2 is 1.78 bits per heavy atom. The molecule has 9 heteroatoms. The van der Waals surface area contributed by atoms with Crippen LogP contribution >= 0.6 is 0 Å². The van der Waals surface area contributed by atoms with E-state index in [2.05, 4.69) is 19.6 Å². The Morgan fingerprint density at radius 1 is 1.04 bits per heavy atom. The SMILES string of the molecule is Fc1cccc(Oc2ncccn2)c1-c1cc(C(F)(F)F)no1. The summed E-state index contributed by atoms with van der Waals surface area (Å²) in [6.07, 6.45) is -1.90. The molecule has 0 amide bonds. The summed E-state index contributed by atoms with van der Waals surface area (Å²) < 4.78 is 61.8. The number of halogens is 4. The van der Waals surface area contributed by atoms with Crippen LogP contribution in [-0.4, -0.2) is 15.1 Å². The van der Waals surface area contributed by atoms with Crippen molar-refractivity contribution in [3.63, 3.8) is 0 Å². The molecule has 1 aromatic carbocycles. The molecule has 0 saturated carbocycles. The third-order valence-corrected chi connectivity index (χ3v) is 2.77. The zero-order valence-electron chi connectivity index (χ0n) is 11.2. The Bertz CT molecular complexity index is 818. The monoisotopic (exact) mass is 325 g/mol. The molecular formula is C14H7F4N3O2. The smallest absolute Gasteiger partial charge is 0.423 e. The fourth-order valence-electron chi connectivity index (χ4n) is 1.79. The first-order chi connectivity index (χ1) is 10.9. The first-order valence-electron chi connectivity index (χ1n) is 6.23. The fourth-order valence-corrected chi connectivity index (χ4v) is 1.79. The van der Waals surface area contributed by atoms with Gasteiger partial charge in [0.1, 0.15) is 11.6 Å². The van der Waals surface area contributed by atoms with Crippen LogP contribution in [0.4, 0.5) is 17.6 Å². The van der Waals surface area contributed by atoms with Crippen molar-refractivity contribution in [1.82, 2.24) is 15.1 Å². The molecule has 0 N–H and O–H groups in total. The minimum Gasteiger partial charge on any atom is -0.423 e. The third kappa shape index (κ3) is 3.12. The van der Waals surface area contributed by atoms with Gasteiger partial charge in [-0.3, -0.25) is 0 Å². The summed E-state index contributed by atoms with van der Waals surface area (Å²) in [6, 6.07) is 5.80. The Morgan fingerprint density at radius 3 is 2.43 bits per heavy atom. The third-order valence-electron chi connectivity index (χ3n) is 2.77. The number of hydrogen-bond donors (Lipinski definition) is 0. The normalized spacial score (nSPS) is 11.5. The van der Waals surface area contributed by atoms with Gasteiger partial charge in [-0.05, 0) is 18.2 Å². The van der Waals surface area contributed by atoms with E-state index in [4.69, 9.17) is 4.74 Å². The van der Waals surface area contributed by atoms with Crippen molar-refractivity contribution in [3.05, 3.63) is 54.2 Å². The second-order valence-corrected chi connectivity index (χ2v) is 4.32. The number of aromatic nitrogens is 3. The standard InChI is InChI=1S/C14H7F4N3O2/c15-8-3-1-4-9(22-13-19-5-2-6-20-13)12(8)10-7-11(21-23-10)14(16,17)18/h1-7H. The maximum absolute atomic E-state index is 14.1. The van der Waals surface area contributed by atoms with Crippen molar-refractivity contribution in [3.8, 4) is 23.1 Å². The number of rotatable bonds is 3. The molecule has 0 aliphatic heterocycles. The van der Waals surface area contributed by atoms with Crippen molar-refractivity contribution in [2.75, 3.05) is 0 Å². The molecule has 118 valence electrons. The summed E-state index contributed by atoms with van der Waals surface area (Å²) in [5.41, 5.74) is -1.57. The van der Waals surface area contributed by atoms with Crippen LogP contribution < -0.4 is 4.74 Å². The summed E-state index contributed by atoms with van der Waals surface area (Å²) in [6.45, 7) is 0. The van der Waals surface area contributed by atoms with E-state index in [-0.39, 0.29) is 17.3 Å². The number of benzene rings is 1. The molecule has 0 radical (unpaired) electrons. The predicted octanol–water partition coefficient (Wildman–Crippen LogP) is 4.08. The summed E-state index contributed by atoms with van der Waals surface area (Å²) in [5, 5.41) is 2.90. The quantitative estimate of drug-likeness (QED) is 0.679. The lowest BCUT2D eigenvalue weighted by atomic mass is 10.1. The highest BCUT2D eigenvalue weighted by molar-refractivity contribution is 5.67. The molecule has 0 atom stereocenters. The van der Waals surface area contributed by atoms with Crippen LogP contribution in [0.2, 0.25) is 0 Å². The van der Waals surface area contributed by atoms with Gasteiger partial charge in [0.2, 0.25) is 0 Å². The highest BCUT2D eigenvalue weighted by Crippen LogP contribution is 2.37. The highest BCUT2D eigenvalue weighted by atomic mass is 19.4. The predicted molar refractivity (Wildman–Crippen MR) is 69.0 cm³/mol. The van der Waals surface area contributed by atoms with E-state index in [1.165, 1.54) is 24.5 Å². The molecule has 0 unspecified atom stereocenters. The maximum Gasteiger partial charge on any atom is 0.436 e. The van der Waals surface area contributed by atoms with E-state index in [1.807, 2.05) is 0 Å². The van der Waals surface area contributed by atoms with Gasteiger partial charge in [-0.2, -0.15) is 13.2 Å². The Hall–Kier alpha value is -2.97. The van der Waals surface area contributed by atoms with Gasteiger partial charge in [-0.25, -0.2) is 14.4 Å². The molecule has 2 aromatic heterocycles. The van der Waals surface area contributed by atoms with Crippen molar-refractivity contribution < 1.29 is 26.8 Å². The van der Waals surface area contributed by atoms with Gasteiger partial charge < -0.3 is 9.26 Å². The summed E-state index contributed by atoms with van der Waals surface area (Å²) in [4.78, 5) is 7.60. The highest BCUT2D eigenvalue weighted by Gasteiger charge is 2.35. The van der Waals surface area contributed by atoms with E-state index in [9.17, 15) is 17.6 Å². The summed E-state index contributed by atoms with van der Waals surface area (Å²) >= 11 is 0. The van der Waals surface area contributed by atoms with Gasteiger partial charge in [-0.1, -0.05) is 11.2 Å². The van der Waals surface area contributed by atoms with Crippen molar-refractivity contribution in [2.45, 2.75) is 6.18 Å². The summed E-state index contributed by atoms with van der Waals surface area (Å²) in [7, 11) is 0. The van der Waals surface area contributed by atoms with E-state index in [1.54, 1.807) is 6.07 Å². The van der Waals surface area contributed by atoms with Crippen LogP contribution in [0.5, 0.6) is 11.8 Å². The van der Waals surface area contributed by atoms with Crippen LogP contribution in [0.1, 0.15) is 5.69 Å². The first kappa shape index (κ1) is 14.9. The molecule has 0 aliphatic rings. The zero-order valence-corrected chi connectivity index (χ0v) is 11.2. The Labute approximate surface area is 126 Å². The lowest BCUT2D eigenvalue weighted by Gasteiger charge is -2.08. The van der Waals surface area contributed by atoms with Crippen molar-refractivity contribution in [2.24, 2.45) is 0 Å². The molecule has 0 aliphatic carbocycles. The van der Waals surface area contributed by atoms with E-state index >= 15 is 0 Å². The largest absolute Gasteiger partial charge is 0.436 e. The second-order valence-electron chi connectivity index (χ2n) is 4.32. The summed E-state index contributed by atoms with van der Waals surface area (Å²) in [5.74, 6) is -1.34. The van der Waals surface area contributed by atoms with Gasteiger partial charge in [-0.15, -0.1) is 0 Å². The number of ether oxygens (including phenoxy) is 1. The molecule has 0 saturated heterocycles. The minimum absolute atomic E-state index is 0.0880. The fraction of sp³-hybridized carbons (Fsp3) is 0.0714. The zero-order chi connectivity index (χ0) is 16.4. The topological polar surface area (TPSA) is 61.0 Å².